The quantitative estimate of drug-likeness (QED) is 0.839. The molecule has 2 atom stereocenters. The molecule has 0 radical (unpaired) electrons. The van der Waals surface area contributed by atoms with Gasteiger partial charge < -0.3 is 9.88 Å². The van der Waals surface area contributed by atoms with Gasteiger partial charge in [0.2, 0.25) is 0 Å². The Bertz CT molecular complexity index is 540. The normalized spacial score (nSPS) is 29.8. The van der Waals surface area contributed by atoms with E-state index >= 15 is 0 Å². The van der Waals surface area contributed by atoms with Crippen LogP contribution >= 0.6 is 0 Å². The highest BCUT2D eigenvalue weighted by atomic mass is 15.3. The van der Waals surface area contributed by atoms with Crippen LogP contribution in [0, 0.1) is 5.92 Å². The summed E-state index contributed by atoms with van der Waals surface area (Å²) in [5.74, 6) is 3.74. The number of hydrogen-bond donors (Lipinski definition) is 1. The number of rotatable bonds is 1. The summed E-state index contributed by atoms with van der Waals surface area (Å²) in [5, 5.41) is 11.7. The van der Waals surface area contributed by atoms with Crippen molar-refractivity contribution in [2.24, 2.45) is 10.9 Å². The molecule has 2 heterocycles. The van der Waals surface area contributed by atoms with Crippen LogP contribution in [0.1, 0.15) is 43.8 Å². The van der Waals surface area contributed by atoms with Crippen molar-refractivity contribution in [1.29, 1.82) is 0 Å². The van der Waals surface area contributed by atoms with E-state index in [2.05, 4.69) is 44.7 Å². The fourth-order valence-corrected chi connectivity index (χ4v) is 2.90. The van der Waals surface area contributed by atoms with Gasteiger partial charge in [0.15, 0.2) is 5.82 Å². The standard InChI is InChI=1S/C14H19N5/c1-10-5-3-6-12(10)14-18-17-13-9-16-11(2)15-7-4-8-19(13)14/h4,7,9-10,12,15H,2-3,5-6,8H2,1H3/b7-4-,16-9-/t10-,12+/m1/s1. The third-order valence-corrected chi connectivity index (χ3v) is 3.99. The average Bonchev–Trinajstić information content (AvgIpc) is 2.98. The lowest BCUT2D eigenvalue weighted by atomic mass is 9.97. The van der Waals surface area contributed by atoms with Crippen molar-refractivity contribution in [2.45, 2.75) is 38.6 Å². The maximum Gasteiger partial charge on any atom is 0.175 e. The smallest absolute Gasteiger partial charge is 0.175 e. The monoisotopic (exact) mass is 257 g/mol. The van der Waals surface area contributed by atoms with Crippen LogP contribution in [0.15, 0.2) is 29.7 Å². The molecule has 0 saturated heterocycles. The highest BCUT2D eigenvalue weighted by Crippen LogP contribution is 2.38. The first-order valence-electron chi connectivity index (χ1n) is 6.83. The minimum absolute atomic E-state index is 0.528. The molecule has 2 aliphatic rings. The number of nitrogens with zero attached hydrogens (tertiary/aromatic N) is 4. The molecule has 100 valence electrons. The third-order valence-electron chi connectivity index (χ3n) is 3.99. The van der Waals surface area contributed by atoms with Crippen LogP contribution in [0.4, 0.5) is 0 Å². The number of aromatic nitrogens is 3. The first-order valence-corrected chi connectivity index (χ1v) is 6.83. The first kappa shape index (κ1) is 12.1. The van der Waals surface area contributed by atoms with E-state index < -0.39 is 0 Å². The Morgan fingerprint density at radius 3 is 3.05 bits per heavy atom. The van der Waals surface area contributed by atoms with E-state index in [-0.39, 0.29) is 0 Å². The van der Waals surface area contributed by atoms with Crippen LogP contribution in [-0.2, 0) is 6.54 Å². The van der Waals surface area contributed by atoms with Crippen LogP contribution in [-0.4, -0.2) is 21.0 Å². The molecule has 0 unspecified atom stereocenters. The van der Waals surface area contributed by atoms with Crippen molar-refractivity contribution < 1.29 is 0 Å². The summed E-state index contributed by atoms with van der Waals surface area (Å²) in [5.41, 5.74) is 0. The van der Waals surface area contributed by atoms with Gasteiger partial charge in [-0.05, 0) is 24.8 Å². The van der Waals surface area contributed by atoms with E-state index in [4.69, 9.17) is 0 Å². The molecule has 0 aromatic carbocycles. The number of fused-ring (bicyclic) bond motifs is 1. The summed E-state index contributed by atoms with van der Waals surface area (Å²) >= 11 is 0. The second-order valence-corrected chi connectivity index (χ2v) is 5.29. The predicted octanol–water partition coefficient (Wildman–Crippen LogP) is 2.19. The van der Waals surface area contributed by atoms with Crippen molar-refractivity contribution in [2.75, 3.05) is 0 Å². The molecule has 0 bridgehead atoms. The Labute approximate surface area is 113 Å². The van der Waals surface area contributed by atoms with Gasteiger partial charge in [-0.3, -0.25) is 0 Å². The molecule has 1 aromatic rings. The lowest BCUT2D eigenvalue weighted by Gasteiger charge is -2.15. The molecule has 19 heavy (non-hydrogen) atoms. The van der Waals surface area contributed by atoms with E-state index in [9.17, 15) is 0 Å². The van der Waals surface area contributed by atoms with Crippen molar-refractivity contribution in [3.8, 4) is 0 Å². The maximum absolute atomic E-state index is 4.41. The van der Waals surface area contributed by atoms with Gasteiger partial charge in [0.25, 0.3) is 0 Å². The Morgan fingerprint density at radius 1 is 1.37 bits per heavy atom. The molecule has 1 saturated carbocycles. The zero-order chi connectivity index (χ0) is 13.2. The Balaban J connectivity index is 1.98. The molecule has 5 nitrogen and oxygen atoms in total. The minimum atomic E-state index is 0.528. The van der Waals surface area contributed by atoms with E-state index in [1.807, 2.05) is 6.20 Å². The van der Waals surface area contributed by atoms with Crippen molar-refractivity contribution in [3.05, 3.63) is 36.3 Å². The van der Waals surface area contributed by atoms with Crippen LogP contribution in [0.3, 0.4) is 0 Å². The van der Waals surface area contributed by atoms with Gasteiger partial charge in [-0.2, -0.15) is 0 Å². The number of aliphatic imine (C=N–C) groups is 1. The SMILES string of the molecule is C=C1/N=C\c2nnc([C@H]3CCC[C@H]3C)n2C/C=C\N1. The zero-order valence-corrected chi connectivity index (χ0v) is 11.2. The molecule has 5 heteroatoms. The third kappa shape index (κ3) is 2.32. The van der Waals surface area contributed by atoms with E-state index in [0.29, 0.717) is 17.7 Å². The second kappa shape index (κ2) is 4.99. The lowest BCUT2D eigenvalue weighted by Crippen LogP contribution is -2.12. The first-order chi connectivity index (χ1) is 9.25. The maximum atomic E-state index is 4.41. The fraction of sp³-hybridized carbons (Fsp3) is 0.500. The minimum Gasteiger partial charge on any atom is -0.347 e. The molecule has 1 aliphatic carbocycles. The van der Waals surface area contributed by atoms with E-state index in [1.54, 1.807) is 6.21 Å². The second-order valence-electron chi connectivity index (χ2n) is 5.29. The molecule has 1 N–H and O–H groups in total. The van der Waals surface area contributed by atoms with E-state index in [0.717, 1.165) is 18.2 Å². The van der Waals surface area contributed by atoms with Gasteiger partial charge in [0.05, 0.1) is 6.21 Å². The fourth-order valence-electron chi connectivity index (χ4n) is 2.90. The Morgan fingerprint density at radius 2 is 2.26 bits per heavy atom. The molecule has 3 rings (SSSR count). The summed E-state index contributed by atoms with van der Waals surface area (Å²) < 4.78 is 2.16. The van der Waals surface area contributed by atoms with Crippen molar-refractivity contribution >= 4 is 6.21 Å². The molecule has 1 aromatic heterocycles. The zero-order valence-electron chi connectivity index (χ0n) is 11.2. The summed E-state index contributed by atoms with van der Waals surface area (Å²) in [7, 11) is 0. The number of hydrogen-bond acceptors (Lipinski definition) is 4. The lowest BCUT2D eigenvalue weighted by molar-refractivity contribution is 0.490. The summed E-state index contributed by atoms with van der Waals surface area (Å²) in [6.45, 7) is 6.89. The number of nitrogens with one attached hydrogen (secondary N) is 1. The average molecular weight is 257 g/mol. The molecular weight excluding hydrogens is 238 g/mol. The molecule has 1 aliphatic heterocycles. The number of allylic oxidation sites excluding steroid dienone is 1. The van der Waals surface area contributed by atoms with E-state index in [1.165, 1.54) is 19.3 Å². The van der Waals surface area contributed by atoms with Gasteiger partial charge in [0.1, 0.15) is 11.6 Å². The van der Waals surface area contributed by atoms with Gasteiger partial charge >= 0.3 is 0 Å². The van der Waals surface area contributed by atoms with Crippen molar-refractivity contribution in [1.82, 2.24) is 20.1 Å². The topological polar surface area (TPSA) is 55.1 Å². The van der Waals surface area contributed by atoms with Crippen LogP contribution in [0.2, 0.25) is 0 Å². The summed E-state index contributed by atoms with van der Waals surface area (Å²) in [6.07, 6.45) is 9.45. The molecule has 0 amide bonds. The Hall–Kier alpha value is -1.91. The van der Waals surface area contributed by atoms with Crippen LogP contribution < -0.4 is 5.32 Å². The van der Waals surface area contributed by atoms with Gasteiger partial charge in [-0.1, -0.05) is 19.9 Å². The molecule has 1 fully saturated rings. The Kier molecular flexibility index (Phi) is 3.19. The molecular formula is C14H19N5. The largest absolute Gasteiger partial charge is 0.347 e. The summed E-state index contributed by atoms with van der Waals surface area (Å²) in [6, 6.07) is 0. The van der Waals surface area contributed by atoms with Gasteiger partial charge in [-0.15, -0.1) is 10.2 Å². The van der Waals surface area contributed by atoms with Crippen LogP contribution in [0.5, 0.6) is 0 Å². The van der Waals surface area contributed by atoms with Gasteiger partial charge in [0, 0.05) is 18.7 Å². The summed E-state index contributed by atoms with van der Waals surface area (Å²) in [4.78, 5) is 4.24. The molecule has 0 spiro atoms. The van der Waals surface area contributed by atoms with Crippen LogP contribution in [0.25, 0.3) is 0 Å². The predicted molar refractivity (Wildman–Crippen MR) is 74.8 cm³/mol. The van der Waals surface area contributed by atoms with Crippen molar-refractivity contribution in [3.63, 3.8) is 0 Å². The highest BCUT2D eigenvalue weighted by Gasteiger charge is 2.29. The highest BCUT2D eigenvalue weighted by molar-refractivity contribution is 5.75. The van der Waals surface area contributed by atoms with Gasteiger partial charge in [-0.25, -0.2) is 4.99 Å².